The van der Waals surface area contributed by atoms with Crippen molar-refractivity contribution in [3.63, 3.8) is 0 Å². The van der Waals surface area contributed by atoms with E-state index in [2.05, 4.69) is 9.97 Å². The summed E-state index contributed by atoms with van der Waals surface area (Å²) in [5.74, 6) is 0. The molecular formula is C12H6F6N2. The van der Waals surface area contributed by atoms with Gasteiger partial charge in [0.1, 0.15) is 5.69 Å². The van der Waals surface area contributed by atoms with Crippen molar-refractivity contribution in [3.8, 4) is 11.3 Å². The zero-order chi connectivity index (χ0) is 15.0. The third-order valence-corrected chi connectivity index (χ3v) is 2.44. The molecular weight excluding hydrogens is 286 g/mol. The minimum absolute atomic E-state index is 0.00991. The predicted octanol–water partition coefficient (Wildman–Crippen LogP) is 4.18. The molecule has 0 N–H and O–H groups in total. The third-order valence-electron chi connectivity index (χ3n) is 2.44. The molecule has 2 aromatic rings. The molecule has 8 heteroatoms. The van der Waals surface area contributed by atoms with Crippen molar-refractivity contribution >= 4 is 0 Å². The maximum absolute atomic E-state index is 12.9. The van der Waals surface area contributed by atoms with E-state index >= 15 is 0 Å². The van der Waals surface area contributed by atoms with Crippen molar-refractivity contribution in [1.82, 2.24) is 9.97 Å². The molecule has 0 spiro atoms. The van der Waals surface area contributed by atoms with Gasteiger partial charge >= 0.3 is 12.4 Å². The highest BCUT2D eigenvalue weighted by Gasteiger charge is 2.39. The minimum atomic E-state index is -4.94. The van der Waals surface area contributed by atoms with Crippen LogP contribution in [0.25, 0.3) is 11.3 Å². The largest absolute Gasteiger partial charge is 0.433 e. The molecule has 0 bridgehead atoms. The molecule has 0 radical (unpaired) electrons. The second kappa shape index (κ2) is 4.77. The van der Waals surface area contributed by atoms with E-state index in [-0.39, 0.29) is 11.8 Å². The summed E-state index contributed by atoms with van der Waals surface area (Å²) >= 11 is 0. The SMILES string of the molecule is FC(F)(F)c1cc(C(F)(F)F)c(-c2ccccn2)cn1. The van der Waals surface area contributed by atoms with Crippen molar-refractivity contribution in [2.75, 3.05) is 0 Å². The fourth-order valence-electron chi connectivity index (χ4n) is 1.57. The summed E-state index contributed by atoms with van der Waals surface area (Å²) in [6.45, 7) is 0. The number of rotatable bonds is 1. The first-order valence-corrected chi connectivity index (χ1v) is 5.25. The Morgan fingerprint density at radius 1 is 0.850 bits per heavy atom. The Balaban J connectivity index is 2.65. The van der Waals surface area contributed by atoms with E-state index in [4.69, 9.17) is 0 Å². The van der Waals surface area contributed by atoms with Gasteiger partial charge in [-0.25, -0.2) is 0 Å². The topological polar surface area (TPSA) is 25.8 Å². The van der Waals surface area contributed by atoms with Crippen molar-refractivity contribution in [2.45, 2.75) is 12.4 Å². The van der Waals surface area contributed by atoms with Crippen LogP contribution in [0.1, 0.15) is 11.3 Å². The number of alkyl halides is 6. The predicted molar refractivity (Wildman–Crippen MR) is 57.5 cm³/mol. The Kier molecular flexibility index (Phi) is 3.41. The molecule has 0 aliphatic rings. The first-order chi connectivity index (χ1) is 9.19. The van der Waals surface area contributed by atoms with Gasteiger partial charge in [0, 0.05) is 18.0 Å². The lowest BCUT2D eigenvalue weighted by Crippen LogP contribution is -2.14. The van der Waals surface area contributed by atoms with E-state index in [0.29, 0.717) is 6.20 Å². The molecule has 0 saturated carbocycles. The molecule has 2 rings (SSSR count). The van der Waals surface area contributed by atoms with E-state index in [1.807, 2.05) is 0 Å². The van der Waals surface area contributed by atoms with Crippen LogP contribution >= 0.6 is 0 Å². The zero-order valence-electron chi connectivity index (χ0n) is 9.63. The van der Waals surface area contributed by atoms with Crippen molar-refractivity contribution in [1.29, 1.82) is 0 Å². The van der Waals surface area contributed by atoms with Crippen LogP contribution in [0.2, 0.25) is 0 Å². The average molecular weight is 292 g/mol. The Labute approximate surface area is 109 Å². The van der Waals surface area contributed by atoms with Crippen LogP contribution in [0, 0.1) is 0 Å². The van der Waals surface area contributed by atoms with Gasteiger partial charge in [0.15, 0.2) is 0 Å². The molecule has 0 aromatic carbocycles. The quantitative estimate of drug-likeness (QED) is 0.737. The molecule has 20 heavy (non-hydrogen) atoms. The third kappa shape index (κ3) is 2.89. The lowest BCUT2D eigenvalue weighted by molar-refractivity contribution is -0.145. The molecule has 2 aromatic heterocycles. The molecule has 0 fully saturated rings. The van der Waals surface area contributed by atoms with Crippen molar-refractivity contribution < 1.29 is 26.3 Å². The summed E-state index contributed by atoms with van der Waals surface area (Å²) in [4.78, 5) is 6.73. The van der Waals surface area contributed by atoms with Crippen LogP contribution in [0.4, 0.5) is 26.3 Å². The zero-order valence-corrected chi connectivity index (χ0v) is 9.63. The lowest BCUT2D eigenvalue weighted by atomic mass is 10.0. The molecule has 0 amide bonds. The molecule has 0 saturated heterocycles. The molecule has 2 heterocycles. The maximum atomic E-state index is 12.9. The van der Waals surface area contributed by atoms with Gasteiger partial charge in [0.25, 0.3) is 0 Å². The fourth-order valence-corrected chi connectivity index (χ4v) is 1.57. The highest BCUT2D eigenvalue weighted by atomic mass is 19.4. The smallest absolute Gasteiger partial charge is 0.256 e. The monoisotopic (exact) mass is 292 g/mol. The van der Waals surface area contributed by atoms with E-state index < -0.39 is 29.2 Å². The number of nitrogens with zero attached hydrogens (tertiary/aromatic N) is 2. The Bertz CT molecular complexity index is 604. The van der Waals surface area contributed by atoms with Crippen LogP contribution < -0.4 is 0 Å². The fraction of sp³-hybridized carbons (Fsp3) is 0.167. The summed E-state index contributed by atoms with van der Waals surface area (Å²) in [5, 5.41) is 0. The first kappa shape index (κ1) is 14.3. The van der Waals surface area contributed by atoms with Gasteiger partial charge in [-0.2, -0.15) is 26.3 Å². The number of pyridine rings is 2. The van der Waals surface area contributed by atoms with Gasteiger partial charge in [-0.1, -0.05) is 6.07 Å². The number of hydrogen-bond donors (Lipinski definition) is 0. The Morgan fingerprint density at radius 2 is 1.55 bits per heavy atom. The summed E-state index contributed by atoms with van der Waals surface area (Å²) in [5.41, 5.74) is -3.60. The van der Waals surface area contributed by atoms with Gasteiger partial charge in [-0.05, 0) is 18.2 Å². The van der Waals surface area contributed by atoms with E-state index in [9.17, 15) is 26.3 Å². The van der Waals surface area contributed by atoms with Gasteiger partial charge in [0.05, 0.1) is 11.3 Å². The van der Waals surface area contributed by atoms with Crippen LogP contribution in [0.5, 0.6) is 0 Å². The summed E-state index contributed by atoms with van der Waals surface area (Å²) < 4.78 is 76.0. The standard InChI is InChI=1S/C12H6F6N2/c13-11(14,15)8-5-10(12(16,17)18)20-6-7(8)9-3-1-2-4-19-9/h1-6H. The molecule has 0 aliphatic heterocycles. The van der Waals surface area contributed by atoms with Gasteiger partial charge < -0.3 is 0 Å². The van der Waals surface area contributed by atoms with E-state index in [0.717, 1.165) is 0 Å². The lowest BCUT2D eigenvalue weighted by Gasteiger charge is -2.14. The minimum Gasteiger partial charge on any atom is -0.256 e. The second-order valence-electron chi connectivity index (χ2n) is 3.83. The number of aromatic nitrogens is 2. The Morgan fingerprint density at radius 3 is 2.05 bits per heavy atom. The summed E-state index contributed by atoms with van der Waals surface area (Å²) in [7, 11) is 0. The van der Waals surface area contributed by atoms with Crippen LogP contribution in [-0.2, 0) is 12.4 Å². The van der Waals surface area contributed by atoms with Crippen molar-refractivity contribution in [3.05, 3.63) is 47.9 Å². The summed E-state index contributed by atoms with van der Waals surface area (Å²) in [6, 6.07) is 4.16. The molecule has 0 aliphatic carbocycles. The van der Waals surface area contributed by atoms with Gasteiger partial charge in [-0.15, -0.1) is 0 Å². The van der Waals surface area contributed by atoms with Crippen LogP contribution in [0.15, 0.2) is 36.7 Å². The maximum Gasteiger partial charge on any atom is 0.433 e. The first-order valence-electron chi connectivity index (χ1n) is 5.25. The van der Waals surface area contributed by atoms with E-state index in [1.165, 1.54) is 24.4 Å². The molecule has 106 valence electrons. The van der Waals surface area contributed by atoms with Crippen LogP contribution in [0.3, 0.4) is 0 Å². The molecule has 0 unspecified atom stereocenters. The van der Waals surface area contributed by atoms with Gasteiger partial charge in [-0.3, -0.25) is 9.97 Å². The number of halogens is 6. The molecule has 0 atom stereocenters. The highest BCUT2D eigenvalue weighted by molar-refractivity contribution is 5.63. The van der Waals surface area contributed by atoms with Gasteiger partial charge in [0.2, 0.25) is 0 Å². The summed E-state index contributed by atoms with van der Waals surface area (Å²) in [6.07, 6.45) is -8.10. The number of hydrogen-bond acceptors (Lipinski definition) is 2. The van der Waals surface area contributed by atoms with Crippen LogP contribution in [-0.4, -0.2) is 9.97 Å². The van der Waals surface area contributed by atoms with E-state index in [1.54, 1.807) is 0 Å². The Hall–Kier alpha value is -2.12. The normalized spacial score (nSPS) is 12.5. The average Bonchev–Trinajstić information content (AvgIpc) is 2.37. The molecule has 2 nitrogen and oxygen atoms in total. The van der Waals surface area contributed by atoms with Crippen molar-refractivity contribution in [2.24, 2.45) is 0 Å². The highest BCUT2D eigenvalue weighted by Crippen LogP contribution is 2.39. The second-order valence-corrected chi connectivity index (χ2v) is 3.83.